The molecule has 0 unspecified atom stereocenters. The first-order valence-electron chi connectivity index (χ1n) is 4.30. The van der Waals surface area contributed by atoms with Crippen LogP contribution in [0, 0.1) is 18.1 Å². The zero-order valence-electron chi connectivity index (χ0n) is 9.26. The Kier molecular flexibility index (Phi) is 3.48. The zero-order valence-corrected chi connectivity index (χ0v) is 10.8. The summed E-state index contributed by atoms with van der Waals surface area (Å²) in [6, 6.07) is 0. The summed E-state index contributed by atoms with van der Waals surface area (Å²) in [6.45, 7) is 1.74. The van der Waals surface area contributed by atoms with Crippen LogP contribution in [0.25, 0.3) is 0 Å². The van der Waals surface area contributed by atoms with Gasteiger partial charge in [0.05, 0.1) is 0 Å². The standard InChI is InChI=1S/C10H14ClN3S/c1-7-13-9(11)8(10(12)14-7)5-6-15(2,3)4/h1-4H3,(H2,12,13,14). The Bertz CT molecular complexity index is 417. The number of aromatic nitrogens is 2. The molecule has 1 rings (SSSR count). The summed E-state index contributed by atoms with van der Waals surface area (Å²) in [6.07, 6.45) is 6.29. The molecule has 0 saturated heterocycles. The Labute approximate surface area is 96.8 Å². The van der Waals surface area contributed by atoms with Crippen LogP contribution in [0.1, 0.15) is 11.4 Å². The van der Waals surface area contributed by atoms with E-state index in [9.17, 15) is 0 Å². The summed E-state index contributed by atoms with van der Waals surface area (Å²) in [5.74, 6) is 3.87. The average Bonchev–Trinajstić information content (AvgIpc) is 1.99. The fourth-order valence-electron chi connectivity index (χ4n) is 0.879. The van der Waals surface area contributed by atoms with Crippen LogP contribution in [-0.4, -0.2) is 28.7 Å². The largest absolute Gasteiger partial charge is 0.383 e. The molecule has 0 aliphatic rings. The maximum Gasteiger partial charge on any atom is 0.150 e. The lowest BCUT2D eigenvalue weighted by Crippen LogP contribution is -2.00. The Balaban J connectivity index is 3.20. The quantitative estimate of drug-likeness (QED) is 0.560. The van der Waals surface area contributed by atoms with Gasteiger partial charge in [0, 0.05) is 0 Å². The normalized spacial score (nSPS) is 11.8. The summed E-state index contributed by atoms with van der Waals surface area (Å²) in [7, 11) is -0.897. The molecule has 0 radical (unpaired) electrons. The van der Waals surface area contributed by atoms with Gasteiger partial charge in [-0.2, -0.15) is 10.0 Å². The van der Waals surface area contributed by atoms with Gasteiger partial charge >= 0.3 is 0 Å². The highest BCUT2D eigenvalue weighted by Crippen LogP contribution is 2.32. The van der Waals surface area contributed by atoms with E-state index < -0.39 is 10.0 Å². The van der Waals surface area contributed by atoms with E-state index in [4.69, 9.17) is 17.3 Å². The van der Waals surface area contributed by atoms with Crippen molar-refractivity contribution in [2.45, 2.75) is 6.92 Å². The van der Waals surface area contributed by atoms with E-state index in [1.807, 2.05) is 0 Å². The fraction of sp³-hybridized carbons (Fsp3) is 0.400. The summed E-state index contributed by atoms with van der Waals surface area (Å²) in [5, 5.41) is 3.46. The molecule has 0 aliphatic carbocycles. The monoisotopic (exact) mass is 243 g/mol. The van der Waals surface area contributed by atoms with Crippen molar-refractivity contribution in [3.05, 3.63) is 16.5 Å². The van der Waals surface area contributed by atoms with Gasteiger partial charge < -0.3 is 5.73 Å². The Morgan fingerprint density at radius 3 is 2.33 bits per heavy atom. The Morgan fingerprint density at radius 1 is 1.27 bits per heavy atom. The number of nitrogens with zero attached hydrogens (tertiary/aromatic N) is 2. The maximum absolute atomic E-state index is 5.94. The number of rotatable bonds is 0. The lowest BCUT2D eigenvalue weighted by Gasteiger charge is -2.15. The van der Waals surface area contributed by atoms with Crippen LogP contribution in [0.15, 0.2) is 0 Å². The van der Waals surface area contributed by atoms with Crippen molar-refractivity contribution in [2.75, 3.05) is 24.5 Å². The molecule has 0 atom stereocenters. The third-order valence-electron chi connectivity index (χ3n) is 1.49. The highest BCUT2D eigenvalue weighted by molar-refractivity contribution is 8.35. The highest BCUT2D eigenvalue weighted by Gasteiger charge is 2.07. The Morgan fingerprint density at radius 2 is 1.87 bits per heavy atom. The van der Waals surface area contributed by atoms with Crippen LogP contribution < -0.4 is 5.73 Å². The van der Waals surface area contributed by atoms with Gasteiger partial charge in [-0.05, 0) is 36.9 Å². The van der Waals surface area contributed by atoms with Gasteiger partial charge in [0.2, 0.25) is 0 Å². The summed E-state index contributed by atoms with van der Waals surface area (Å²) in [4.78, 5) is 8.04. The first kappa shape index (κ1) is 12.2. The number of aryl methyl sites for hydroxylation is 1. The van der Waals surface area contributed by atoms with Crippen LogP contribution in [0.5, 0.6) is 0 Å². The van der Waals surface area contributed by atoms with Gasteiger partial charge in [0.25, 0.3) is 0 Å². The van der Waals surface area contributed by atoms with Gasteiger partial charge in [-0.1, -0.05) is 11.6 Å². The fourth-order valence-corrected chi connectivity index (χ4v) is 1.55. The SMILES string of the molecule is Cc1nc(N)c(C#CS(C)(C)C)c(Cl)n1. The minimum Gasteiger partial charge on any atom is -0.383 e. The van der Waals surface area contributed by atoms with Gasteiger partial charge in [0.1, 0.15) is 17.2 Å². The highest BCUT2D eigenvalue weighted by atomic mass is 35.5. The van der Waals surface area contributed by atoms with Crippen LogP contribution in [0.3, 0.4) is 0 Å². The molecule has 0 saturated carbocycles. The summed E-state index contributed by atoms with van der Waals surface area (Å²) < 4.78 is 0. The van der Waals surface area contributed by atoms with Crippen molar-refractivity contribution in [1.29, 1.82) is 0 Å². The molecule has 15 heavy (non-hydrogen) atoms. The Hall–Kier alpha value is -0.920. The van der Waals surface area contributed by atoms with Gasteiger partial charge in [-0.15, -0.1) is 0 Å². The first-order valence-corrected chi connectivity index (χ1v) is 7.54. The molecule has 5 heteroatoms. The van der Waals surface area contributed by atoms with Crippen molar-refractivity contribution in [2.24, 2.45) is 0 Å². The minimum absolute atomic E-state index is 0.330. The molecule has 0 spiro atoms. The number of nitrogen functional groups attached to an aromatic ring is 1. The van der Waals surface area contributed by atoms with Crippen LogP contribution in [0.2, 0.25) is 5.15 Å². The predicted octanol–water partition coefficient (Wildman–Crippen LogP) is 2.02. The molecule has 3 nitrogen and oxygen atoms in total. The van der Waals surface area contributed by atoms with E-state index in [0.29, 0.717) is 22.4 Å². The molecular weight excluding hydrogens is 230 g/mol. The second-order valence-electron chi connectivity index (χ2n) is 3.89. The predicted molar refractivity (Wildman–Crippen MR) is 68.4 cm³/mol. The molecular formula is C10H14ClN3S. The van der Waals surface area contributed by atoms with E-state index in [0.717, 1.165) is 0 Å². The van der Waals surface area contributed by atoms with Crippen molar-refractivity contribution in [3.63, 3.8) is 0 Å². The topological polar surface area (TPSA) is 51.8 Å². The van der Waals surface area contributed by atoms with E-state index in [-0.39, 0.29) is 0 Å². The molecule has 0 amide bonds. The second kappa shape index (κ2) is 4.30. The molecule has 0 fully saturated rings. The van der Waals surface area contributed by atoms with Crippen molar-refractivity contribution in [3.8, 4) is 11.2 Å². The number of hydrogen-bond donors (Lipinski definition) is 1. The smallest absolute Gasteiger partial charge is 0.150 e. The van der Waals surface area contributed by atoms with Crippen molar-refractivity contribution in [1.82, 2.24) is 9.97 Å². The van der Waals surface area contributed by atoms with Crippen molar-refractivity contribution >= 4 is 27.4 Å². The molecule has 0 aliphatic heterocycles. The van der Waals surface area contributed by atoms with Crippen molar-refractivity contribution < 1.29 is 0 Å². The molecule has 0 aromatic carbocycles. The number of halogens is 1. The molecule has 0 bridgehead atoms. The molecule has 1 heterocycles. The minimum atomic E-state index is -0.897. The number of hydrogen-bond acceptors (Lipinski definition) is 3. The molecule has 2 N–H and O–H groups in total. The van der Waals surface area contributed by atoms with Gasteiger partial charge in [0.15, 0.2) is 5.15 Å². The van der Waals surface area contributed by atoms with Crippen LogP contribution in [-0.2, 0) is 0 Å². The number of nitrogens with two attached hydrogens (primary N) is 1. The van der Waals surface area contributed by atoms with E-state index >= 15 is 0 Å². The molecule has 82 valence electrons. The lowest BCUT2D eigenvalue weighted by atomic mass is 10.3. The van der Waals surface area contributed by atoms with E-state index in [1.165, 1.54) is 0 Å². The first-order chi connectivity index (χ1) is 6.79. The van der Waals surface area contributed by atoms with Gasteiger partial charge in [-0.25, -0.2) is 9.97 Å². The molecule has 1 aromatic rings. The zero-order chi connectivity index (χ0) is 11.6. The number of anilines is 1. The lowest BCUT2D eigenvalue weighted by molar-refractivity contribution is 1.06. The third-order valence-corrected chi connectivity index (χ3v) is 2.47. The van der Waals surface area contributed by atoms with Crippen LogP contribution >= 0.6 is 21.6 Å². The third kappa shape index (κ3) is 3.61. The van der Waals surface area contributed by atoms with Crippen LogP contribution in [0.4, 0.5) is 5.82 Å². The summed E-state index contributed by atoms with van der Waals surface area (Å²) >= 11 is 5.94. The maximum atomic E-state index is 5.94. The van der Waals surface area contributed by atoms with E-state index in [2.05, 4.69) is 39.9 Å². The van der Waals surface area contributed by atoms with E-state index in [1.54, 1.807) is 6.92 Å². The summed E-state index contributed by atoms with van der Waals surface area (Å²) in [5.41, 5.74) is 6.25. The second-order valence-corrected chi connectivity index (χ2v) is 8.12. The van der Waals surface area contributed by atoms with Gasteiger partial charge in [-0.3, -0.25) is 0 Å². The molecule has 1 aromatic heterocycles. The average molecular weight is 244 g/mol.